The second-order valence-corrected chi connectivity index (χ2v) is 6.40. The third-order valence-electron chi connectivity index (χ3n) is 4.29. The Bertz CT molecular complexity index is 603. The quantitative estimate of drug-likeness (QED) is 0.733. The highest BCUT2D eigenvalue weighted by Gasteiger charge is 2.20. The first-order valence-corrected chi connectivity index (χ1v) is 9.17. The van der Waals surface area contributed by atoms with Gasteiger partial charge in [0, 0.05) is 18.8 Å². The van der Waals surface area contributed by atoms with E-state index in [2.05, 4.69) is 10.6 Å². The molecule has 6 nitrogen and oxygen atoms in total. The van der Waals surface area contributed by atoms with Gasteiger partial charge in [-0.05, 0) is 51.4 Å². The zero-order valence-corrected chi connectivity index (χ0v) is 16.8. The second kappa shape index (κ2) is 11.3. The average Bonchev–Trinajstić information content (AvgIpc) is 2.62. The van der Waals surface area contributed by atoms with E-state index in [0.29, 0.717) is 29.5 Å². The molecule has 1 aliphatic rings. The lowest BCUT2D eigenvalue weighted by atomic mass is 10.0. The number of ether oxygens (including phenoxy) is 1. The molecule has 1 saturated heterocycles. The molecule has 1 unspecified atom stereocenters. The van der Waals surface area contributed by atoms with Crippen LogP contribution in [0.5, 0.6) is 5.75 Å². The van der Waals surface area contributed by atoms with Gasteiger partial charge in [0.15, 0.2) is 6.61 Å². The lowest BCUT2D eigenvalue weighted by Crippen LogP contribution is -2.43. The van der Waals surface area contributed by atoms with Crippen LogP contribution in [-0.4, -0.2) is 49.0 Å². The summed E-state index contributed by atoms with van der Waals surface area (Å²) in [7, 11) is 0. The zero-order valence-electron chi connectivity index (χ0n) is 15.2. The van der Waals surface area contributed by atoms with Crippen LogP contribution in [0, 0.1) is 0 Å². The van der Waals surface area contributed by atoms with Crippen LogP contribution in [0.1, 0.15) is 33.1 Å². The first-order valence-electron chi connectivity index (χ1n) is 8.79. The van der Waals surface area contributed by atoms with Crippen LogP contribution in [0.4, 0.5) is 5.69 Å². The van der Waals surface area contributed by atoms with Crippen molar-refractivity contribution >= 4 is 41.5 Å². The number of carbonyl (C=O) groups excluding carboxylic acids is 2. The predicted octanol–water partition coefficient (Wildman–Crippen LogP) is 3.09. The Morgan fingerprint density at radius 2 is 2.04 bits per heavy atom. The highest BCUT2D eigenvalue weighted by molar-refractivity contribution is 6.32. The molecule has 0 radical (unpaired) electrons. The monoisotopic (exact) mass is 403 g/mol. The lowest BCUT2D eigenvalue weighted by Gasteiger charge is -2.22. The predicted molar refractivity (Wildman–Crippen MR) is 106 cm³/mol. The van der Waals surface area contributed by atoms with E-state index in [4.69, 9.17) is 16.3 Å². The number of piperidine rings is 1. The molecule has 0 aromatic heterocycles. The summed E-state index contributed by atoms with van der Waals surface area (Å²) >= 11 is 6.21. The molecule has 1 aliphatic heterocycles. The zero-order chi connectivity index (χ0) is 18.2. The first-order chi connectivity index (χ1) is 12.0. The van der Waals surface area contributed by atoms with Crippen molar-refractivity contribution in [1.29, 1.82) is 0 Å². The van der Waals surface area contributed by atoms with Crippen LogP contribution in [0.25, 0.3) is 0 Å². The van der Waals surface area contributed by atoms with E-state index in [1.165, 1.54) is 0 Å². The normalized spacial score (nSPS) is 16.3. The molecular formula is C18H27Cl2N3O3. The Balaban J connectivity index is 0.00000338. The van der Waals surface area contributed by atoms with Gasteiger partial charge in [0.2, 0.25) is 5.91 Å². The summed E-state index contributed by atoms with van der Waals surface area (Å²) in [6, 6.07) is 4.88. The number of carbonyl (C=O) groups is 2. The molecule has 0 bridgehead atoms. The number of amides is 2. The highest BCUT2D eigenvalue weighted by atomic mass is 35.5. The van der Waals surface area contributed by atoms with E-state index in [0.717, 1.165) is 25.8 Å². The van der Waals surface area contributed by atoms with Crippen LogP contribution in [0.3, 0.4) is 0 Å². The maximum atomic E-state index is 12.2. The Labute approximate surface area is 166 Å². The molecule has 1 fully saturated rings. The number of nitrogens with one attached hydrogen (secondary N) is 2. The number of nitrogens with zero attached hydrogens (tertiary/aromatic N) is 1. The molecule has 1 heterocycles. The van der Waals surface area contributed by atoms with Gasteiger partial charge in [0.25, 0.3) is 5.91 Å². The Morgan fingerprint density at radius 3 is 2.62 bits per heavy atom. The molecule has 146 valence electrons. The van der Waals surface area contributed by atoms with E-state index in [-0.39, 0.29) is 36.9 Å². The molecule has 8 heteroatoms. The van der Waals surface area contributed by atoms with Crippen molar-refractivity contribution in [2.24, 2.45) is 0 Å². The van der Waals surface area contributed by atoms with Gasteiger partial charge < -0.3 is 20.3 Å². The van der Waals surface area contributed by atoms with Gasteiger partial charge in [0.1, 0.15) is 5.75 Å². The van der Waals surface area contributed by atoms with Crippen molar-refractivity contribution in [3.63, 3.8) is 0 Å². The maximum Gasteiger partial charge on any atom is 0.260 e. The van der Waals surface area contributed by atoms with Crippen molar-refractivity contribution in [1.82, 2.24) is 10.2 Å². The number of rotatable bonds is 7. The van der Waals surface area contributed by atoms with E-state index in [1.807, 2.05) is 13.8 Å². The second-order valence-electron chi connectivity index (χ2n) is 5.99. The Kier molecular flexibility index (Phi) is 9.76. The molecule has 0 aliphatic carbocycles. The van der Waals surface area contributed by atoms with Crippen LogP contribution in [0.15, 0.2) is 18.2 Å². The van der Waals surface area contributed by atoms with Gasteiger partial charge in [-0.3, -0.25) is 9.59 Å². The molecule has 26 heavy (non-hydrogen) atoms. The fourth-order valence-electron chi connectivity index (χ4n) is 2.81. The molecule has 0 saturated carbocycles. The minimum Gasteiger partial charge on any atom is -0.482 e. The van der Waals surface area contributed by atoms with Crippen molar-refractivity contribution in [2.75, 3.05) is 31.6 Å². The summed E-state index contributed by atoms with van der Waals surface area (Å²) in [6.45, 7) is 5.95. The van der Waals surface area contributed by atoms with Gasteiger partial charge in [0.05, 0.1) is 11.1 Å². The van der Waals surface area contributed by atoms with Gasteiger partial charge in [-0.15, -0.1) is 12.4 Å². The summed E-state index contributed by atoms with van der Waals surface area (Å²) < 4.78 is 5.51. The number of hydrogen-bond acceptors (Lipinski definition) is 4. The van der Waals surface area contributed by atoms with Crippen LogP contribution < -0.4 is 15.4 Å². The largest absolute Gasteiger partial charge is 0.482 e. The lowest BCUT2D eigenvalue weighted by molar-refractivity contribution is -0.133. The van der Waals surface area contributed by atoms with E-state index >= 15 is 0 Å². The molecule has 1 aromatic rings. The van der Waals surface area contributed by atoms with Gasteiger partial charge in [-0.1, -0.05) is 18.0 Å². The van der Waals surface area contributed by atoms with Gasteiger partial charge in [-0.2, -0.15) is 0 Å². The molecule has 2 N–H and O–H groups in total. The molecule has 0 spiro atoms. The van der Waals surface area contributed by atoms with Crippen molar-refractivity contribution in [2.45, 2.75) is 39.2 Å². The maximum absolute atomic E-state index is 12.2. The van der Waals surface area contributed by atoms with Crippen LogP contribution in [0.2, 0.25) is 5.02 Å². The third-order valence-corrected chi connectivity index (χ3v) is 4.59. The number of anilines is 1. The number of hydrogen-bond donors (Lipinski definition) is 2. The minimum absolute atomic E-state index is 0. The van der Waals surface area contributed by atoms with E-state index in [9.17, 15) is 9.59 Å². The van der Waals surface area contributed by atoms with Crippen LogP contribution >= 0.6 is 24.0 Å². The summed E-state index contributed by atoms with van der Waals surface area (Å²) in [5.41, 5.74) is 0.616. The molecule has 2 amide bonds. The number of halogens is 2. The van der Waals surface area contributed by atoms with Crippen molar-refractivity contribution < 1.29 is 14.3 Å². The SMILES string of the molecule is CCN(CC)C(=O)COc1ccc(NC(=O)C2CCCCN2)cc1Cl.Cl. The minimum atomic E-state index is -0.157. The van der Waals surface area contributed by atoms with Gasteiger partial charge >= 0.3 is 0 Å². The summed E-state index contributed by atoms with van der Waals surface area (Å²) in [5, 5.41) is 6.43. The average molecular weight is 404 g/mol. The van der Waals surface area contributed by atoms with E-state index in [1.54, 1.807) is 23.1 Å². The van der Waals surface area contributed by atoms with Crippen molar-refractivity contribution in [3.05, 3.63) is 23.2 Å². The molecule has 2 rings (SSSR count). The topological polar surface area (TPSA) is 70.7 Å². The van der Waals surface area contributed by atoms with Gasteiger partial charge in [-0.25, -0.2) is 0 Å². The number of benzene rings is 1. The molecular weight excluding hydrogens is 377 g/mol. The smallest absolute Gasteiger partial charge is 0.260 e. The van der Waals surface area contributed by atoms with Crippen LogP contribution in [-0.2, 0) is 9.59 Å². The van der Waals surface area contributed by atoms with Crippen molar-refractivity contribution in [3.8, 4) is 5.75 Å². The number of likely N-dealkylation sites (N-methyl/N-ethyl adjacent to an activating group) is 1. The molecule has 1 atom stereocenters. The Morgan fingerprint density at radius 1 is 1.31 bits per heavy atom. The summed E-state index contributed by atoms with van der Waals surface area (Å²) in [5.74, 6) is 0.291. The van der Waals surface area contributed by atoms with E-state index < -0.39 is 0 Å². The highest BCUT2D eigenvalue weighted by Crippen LogP contribution is 2.28. The first kappa shape index (κ1) is 22.5. The standard InChI is InChI=1S/C18H26ClN3O3.ClH/c1-3-22(4-2)17(23)12-25-16-9-8-13(11-14(16)19)21-18(24)15-7-5-6-10-20-15;/h8-9,11,15,20H,3-7,10,12H2,1-2H3,(H,21,24);1H. The molecule has 1 aromatic carbocycles. The fraction of sp³-hybridized carbons (Fsp3) is 0.556. The summed E-state index contributed by atoms with van der Waals surface area (Å²) in [6.07, 6.45) is 3.00. The summed E-state index contributed by atoms with van der Waals surface area (Å²) in [4.78, 5) is 25.9. The third kappa shape index (κ3) is 6.34. The Hall–Kier alpha value is -1.50. The fourth-order valence-corrected chi connectivity index (χ4v) is 3.04.